The molecule has 0 bridgehead atoms. The largest absolute Gasteiger partial charge is 0.353 e. The molecule has 128 valence electrons. The van der Waals surface area contributed by atoms with Crippen LogP contribution < -0.4 is 10.0 Å². The van der Waals surface area contributed by atoms with E-state index in [1.54, 1.807) is 12.1 Å². The van der Waals surface area contributed by atoms with Gasteiger partial charge in [-0.2, -0.15) is 0 Å². The summed E-state index contributed by atoms with van der Waals surface area (Å²) in [5.74, 6) is -0.0483. The second kappa shape index (κ2) is 7.88. The Labute approximate surface area is 136 Å². The first kappa shape index (κ1) is 17.9. The molecule has 0 heterocycles. The van der Waals surface area contributed by atoms with E-state index < -0.39 is 10.0 Å². The molecular weight excluding hydrogens is 319 g/mol. The van der Waals surface area contributed by atoms with Gasteiger partial charge in [0.05, 0.1) is 6.26 Å². The summed E-state index contributed by atoms with van der Waals surface area (Å²) in [6.45, 7) is 0.111. The van der Waals surface area contributed by atoms with Crippen molar-refractivity contribution in [2.24, 2.45) is 5.92 Å². The summed E-state index contributed by atoms with van der Waals surface area (Å²) in [4.78, 5) is 11.9. The van der Waals surface area contributed by atoms with E-state index in [2.05, 4.69) is 10.0 Å². The number of halogens is 1. The number of amides is 1. The summed E-state index contributed by atoms with van der Waals surface area (Å²) >= 11 is 0. The van der Waals surface area contributed by atoms with Crippen molar-refractivity contribution in [3.05, 3.63) is 35.6 Å². The molecule has 1 aromatic carbocycles. The van der Waals surface area contributed by atoms with Gasteiger partial charge in [-0.05, 0) is 42.9 Å². The third-order valence-electron chi connectivity index (χ3n) is 4.13. The van der Waals surface area contributed by atoms with Gasteiger partial charge >= 0.3 is 0 Å². The Balaban J connectivity index is 1.81. The van der Waals surface area contributed by atoms with Crippen molar-refractivity contribution in [1.82, 2.24) is 10.0 Å². The smallest absolute Gasteiger partial charge is 0.221 e. The predicted molar refractivity (Wildman–Crippen MR) is 86.8 cm³/mol. The molecule has 5 nitrogen and oxygen atoms in total. The summed E-state index contributed by atoms with van der Waals surface area (Å²) in [5.41, 5.74) is 1.07. The SMILES string of the molecule is CS(=O)(=O)NCCC(=O)N[C@H]1CCC[C@H]1Cc1ccc(F)cc1. The van der Waals surface area contributed by atoms with Crippen LogP contribution in [0.2, 0.25) is 0 Å². The van der Waals surface area contributed by atoms with Crippen LogP contribution in [0.3, 0.4) is 0 Å². The zero-order chi connectivity index (χ0) is 16.9. The molecule has 0 radical (unpaired) electrons. The Hall–Kier alpha value is -1.47. The van der Waals surface area contributed by atoms with E-state index in [1.165, 1.54) is 12.1 Å². The van der Waals surface area contributed by atoms with Crippen LogP contribution in [0.4, 0.5) is 4.39 Å². The highest BCUT2D eigenvalue weighted by Crippen LogP contribution is 2.29. The lowest BCUT2D eigenvalue weighted by Crippen LogP contribution is -2.39. The molecule has 0 spiro atoms. The molecule has 1 aliphatic rings. The zero-order valence-corrected chi connectivity index (χ0v) is 14.0. The number of sulfonamides is 1. The molecule has 1 fully saturated rings. The summed E-state index contributed by atoms with van der Waals surface area (Å²) in [6.07, 6.45) is 5.03. The summed E-state index contributed by atoms with van der Waals surface area (Å²) < 4.78 is 37.2. The molecule has 2 atom stereocenters. The molecule has 2 rings (SSSR count). The van der Waals surface area contributed by atoms with Gasteiger partial charge in [-0.1, -0.05) is 18.6 Å². The van der Waals surface area contributed by atoms with Gasteiger partial charge in [-0.3, -0.25) is 4.79 Å². The number of carbonyl (C=O) groups is 1. The maximum Gasteiger partial charge on any atom is 0.221 e. The van der Waals surface area contributed by atoms with Gasteiger partial charge in [0.25, 0.3) is 0 Å². The Kier molecular flexibility index (Phi) is 6.12. The van der Waals surface area contributed by atoms with Gasteiger partial charge in [0.1, 0.15) is 5.82 Å². The van der Waals surface area contributed by atoms with E-state index in [-0.39, 0.29) is 30.7 Å². The molecule has 1 amide bonds. The van der Waals surface area contributed by atoms with Gasteiger partial charge in [-0.15, -0.1) is 0 Å². The van der Waals surface area contributed by atoms with Crippen LogP contribution in [0, 0.1) is 11.7 Å². The number of carbonyl (C=O) groups excluding carboxylic acids is 1. The Morgan fingerprint density at radius 2 is 1.96 bits per heavy atom. The first-order valence-corrected chi connectivity index (χ1v) is 9.71. The van der Waals surface area contributed by atoms with Gasteiger partial charge in [0.2, 0.25) is 15.9 Å². The summed E-state index contributed by atoms with van der Waals surface area (Å²) in [7, 11) is -3.26. The van der Waals surface area contributed by atoms with Crippen molar-refractivity contribution >= 4 is 15.9 Å². The van der Waals surface area contributed by atoms with Crippen molar-refractivity contribution < 1.29 is 17.6 Å². The number of hydrogen-bond donors (Lipinski definition) is 2. The van der Waals surface area contributed by atoms with E-state index in [0.717, 1.165) is 37.5 Å². The van der Waals surface area contributed by atoms with Crippen LogP contribution in [0.1, 0.15) is 31.2 Å². The van der Waals surface area contributed by atoms with Crippen LogP contribution >= 0.6 is 0 Å². The number of nitrogens with one attached hydrogen (secondary N) is 2. The fourth-order valence-electron chi connectivity index (χ4n) is 3.02. The molecule has 1 aliphatic carbocycles. The predicted octanol–water partition coefficient (Wildman–Crippen LogP) is 1.59. The van der Waals surface area contributed by atoms with Crippen LogP contribution in [0.25, 0.3) is 0 Å². The summed E-state index contributed by atoms with van der Waals surface area (Å²) in [5, 5.41) is 3.00. The van der Waals surface area contributed by atoms with Crippen LogP contribution in [0.15, 0.2) is 24.3 Å². The average molecular weight is 342 g/mol. The molecule has 0 unspecified atom stereocenters. The maximum absolute atomic E-state index is 12.9. The molecule has 0 aromatic heterocycles. The Morgan fingerprint density at radius 3 is 2.61 bits per heavy atom. The number of rotatable bonds is 7. The fraction of sp³-hybridized carbons (Fsp3) is 0.562. The first-order valence-electron chi connectivity index (χ1n) is 7.82. The van der Waals surface area contributed by atoms with Crippen molar-refractivity contribution in [1.29, 1.82) is 0 Å². The molecule has 0 aliphatic heterocycles. The van der Waals surface area contributed by atoms with Crippen molar-refractivity contribution in [2.75, 3.05) is 12.8 Å². The lowest BCUT2D eigenvalue weighted by atomic mass is 9.94. The van der Waals surface area contributed by atoms with Crippen molar-refractivity contribution in [3.63, 3.8) is 0 Å². The Morgan fingerprint density at radius 1 is 1.26 bits per heavy atom. The highest BCUT2D eigenvalue weighted by Gasteiger charge is 2.28. The molecule has 1 aromatic rings. The quantitative estimate of drug-likeness (QED) is 0.790. The minimum Gasteiger partial charge on any atom is -0.353 e. The standard InChI is InChI=1S/C16H23FN2O3S/c1-23(21,22)18-10-9-16(20)19-15-4-2-3-13(15)11-12-5-7-14(17)8-6-12/h5-8,13,15,18H,2-4,9-11H2,1H3,(H,19,20)/t13-,15-/m0/s1. The van der Waals surface area contributed by atoms with Crippen LogP contribution in [0.5, 0.6) is 0 Å². The second-order valence-corrected chi connectivity index (χ2v) is 7.95. The summed E-state index contributed by atoms with van der Waals surface area (Å²) in [6, 6.07) is 6.57. The van der Waals surface area contributed by atoms with Gasteiger partial charge in [0, 0.05) is 19.0 Å². The second-order valence-electron chi connectivity index (χ2n) is 6.11. The third kappa shape index (κ3) is 6.27. The van der Waals surface area contributed by atoms with Gasteiger partial charge in [0.15, 0.2) is 0 Å². The lowest BCUT2D eigenvalue weighted by Gasteiger charge is -2.21. The van der Waals surface area contributed by atoms with Gasteiger partial charge < -0.3 is 5.32 Å². The molecule has 0 saturated heterocycles. The van der Waals surface area contributed by atoms with E-state index in [0.29, 0.717) is 5.92 Å². The minimum absolute atomic E-state index is 0.103. The average Bonchev–Trinajstić information content (AvgIpc) is 2.87. The Bertz CT molecular complexity index is 631. The maximum atomic E-state index is 12.9. The normalized spacial score (nSPS) is 21.3. The van der Waals surface area contributed by atoms with Crippen molar-refractivity contribution in [2.45, 2.75) is 38.1 Å². The highest BCUT2D eigenvalue weighted by molar-refractivity contribution is 7.88. The van der Waals surface area contributed by atoms with E-state index in [9.17, 15) is 17.6 Å². The van der Waals surface area contributed by atoms with Crippen LogP contribution in [-0.4, -0.2) is 33.2 Å². The topological polar surface area (TPSA) is 75.3 Å². The molecule has 1 saturated carbocycles. The molecule has 23 heavy (non-hydrogen) atoms. The van der Waals surface area contributed by atoms with E-state index >= 15 is 0 Å². The number of benzene rings is 1. The fourth-order valence-corrected chi connectivity index (χ4v) is 3.50. The van der Waals surface area contributed by atoms with Gasteiger partial charge in [-0.25, -0.2) is 17.5 Å². The van der Waals surface area contributed by atoms with E-state index in [4.69, 9.17) is 0 Å². The van der Waals surface area contributed by atoms with Crippen molar-refractivity contribution in [3.8, 4) is 0 Å². The third-order valence-corrected chi connectivity index (χ3v) is 4.86. The first-order chi connectivity index (χ1) is 10.8. The van der Waals surface area contributed by atoms with Crippen LogP contribution in [-0.2, 0) is 21.2 Å². The van der Waals surface area contributed by atoms with E-state index in [1.807, 2.05) is 0 Å². The molecule has 7 heteroatoms. The minimum atomic E-state index is -3.26. The molecule has 2 N–H and O–H groups in total. The zero-order valence-electron chi connectivity index (χ0n) is 13.2. The number of hydrogen-bond acceptors (Lipinski definition) is 3. The monoisotopic (exact) mass is 342 g/mol. The highest BCUT2D eigenvalue weighted by atomic mass is 32.2. The molecular formula is C16H23FN2O3S. The lowest BCUT2D eigenvalue weighted by molar-refractivity contribution is -0.121.